The molecule has 1 heterocycles. The standard InChI is InChI=1S/C19H25N3O6/c1-6-26-17(23)16-22-21-15(27-16)14(20-18(24)28-19(2,3)4)11-12-7-9-13(25-5)10-8-12/h7-10,14H,6,11H2,1-5H3,(H,20,24). The Bertz CT molecular complexity index is 795. The van der Waals surface area contributed by atoms with E-state index >= 15 is 0 Å². The maximum absolute atomic E-state index is 12.2. The van der Waals surface area contributed by atoms with Crippen LogP contribution in [0.4, 0.5) is 4.79 Å². The van der Waals surface area contributed by atoms with E-state index in [9.17, 15) is 9.59 Å². The summed E-state index contributed by atoms with van der Waals surface area (Å²) in [4.78, 5) is 24.0. The average Bonchev–Trinajstić information content (AvgIpc) is 3.10. The molecule has 28 heavy (non-hydrogen) atoms. The van der Waals surface area contributed by atoms with Crippen LogP contribution in [0, 0.1) is 0 Å². The minimum absolute atomic E-state index is 0.0738. The number of methoxy groups -OCH3 is 1. The molecule has 0 radical (unpaired) electrons. The summed E-state index contributed by atoms with van der Waals surface area (Å²) in [5.74, 6) is -0.211. The summed E-state index contributed by atoms with van der Waals surface area (Å²) in [5, 5.41) is 10.3. The highest BCUT2D eigenvalue weighted by atomic mass is 16.6. The second-order valence-electron chi connectivity index (χ2n) is 6.92. The Hall–Kier alpha value is -3.10. The zero-order valence-corrected chi connectivity index (χ0v) is 16.6. The maximum Gasteiger partial charge on any atom is 0.408 e. The number of nitrogens with one attached hydrogen (secondary N) is 1. The smallest absolute Gasteiger partial charge is 0.408 e. The molecule has 1 aromatic heterocycles. The molecule has 9 nitrogen and oxygen atoms in total. The second-order valence-corrected chi connectivity index (χ2v) is 6.92. The molecule has 152 valence electrons. The molecular formula is C19H25N3O6. The number of hydrogen-bond acceptors (Lipinski definition) is 8. The van der Waals surface area contributed by atoms with E-state index in [1.165, 1.54) is 0 Å². The molecule has 2 aromatic rings. The number of ether oxygens (including phenoxy) is 3. The van der Waals surface area contributed by atoms with Crippen molar-refractivity contribution in [1.29, 1.82) is 0 Å². The predicted molar refractivity (Wildman–Crippen MR) is 99.1 cm³/mol. The van der Waals surface area contributed by atoms with Crippen molar-refractivity contribution in [2.75, 3.05) is 13.7 Å². The second kappa shape index (κ2) is 9.20. The molecular weight excluding hydrogens is 366 g/mol. The molecule has 1 N–H and O–H groups in total. The number of amides is 1. The van der Waals surface area contributed by atoms with Crippen molar-refractivity contribution in [2.45, 2.75) is 45.8 Å². The summed E-state index contributed by atoms with van der Waals surface area (Å²) in [5.41, 5.74) is 0.220. The van der Waals surface area contributed by atoms with Gasteiger partial charge in [-0.3, -0.25) is 0 Å². The van der Waals surface area contributed by atoms with Crippen LogP contribution < -0.4 is 10.1 Å². The predicted octanol–water partition coefficient (Wildman–Crippen LogP) is 3.06. The molecule has 0 fully saturated rings. The lowest BCUT2D eigenvalue weighted by atomic mass is 10.1. The first-order valence-electron chi connectivity index (χ1n) is 8.84. The van der Waals surface area contributed by atoms with Crippen molar-refractivity contribution >= 4 is 12.1 Å². The Morgan fingerprint density at radius 3 is 2.43 bits per heavy atom. The SMILES string of the molecule is CCOC(=O)c1nnc(C(Cc2ccc(OC)cc2)NC(=O)OC(C)(C)C)o1. The van der Waals surface area contributed by atoms with Gasteiger partial charge in [0, 0.05) is 6.42 Å². The van der Waals surface area contributed by atoms with Crippen molar-refractivity contribution in [3.63, 3.8) is 0 Å². The van der Waals surface area contributed by atoms with Gasteiger partial charge >= 0.3 is 18.0 Å². The summed E-state index contributed by atoms with van der Waals surface area (Å²) >= 11 is 0. The topological polar surface area (TPSA) is 113 Å². The van der Waals surface area contributed by atoms with Crippen molar-refractivity contribution < 1.29 is 28.2 Å². The highest BCUT2D eigenvalue weighted by Crippen LogP contribution is 2.21. The van der Waals surface area contributed by atoms with Gasteiger partial charge in [-0.25, -0.2) is 9.59 Å². The van der Waals surface area contributed by atoms with Gasteiger partial charge in [0.1, 0.15) is 17.4 Å². The van der Waals surface area contributed by atoms with Gasteiger partial charge in [0.05, 0.1) is 13.7 Å². The fourth-order valence-electron chi connectivity index (χ4n) is 2.30. The molecule has 0 spiro atoms. The molecule has 0 aliphatic heterocycles. The molecule has 1 amide bonds. The van der Waals surface area contributed by atoms with Crippen LogP contribution in [0.5, 0.6) is 5.75 Å². The molecule has 1 aromatic carbocycles. The van der Waals surface area contributed by atoms with Crippen LogP contribution in [0.2, 0.25) is 0 Å². The van der Waals surface area contributed by atoms with Gasteiger partial charge in [0.25, 0.3) is 0 Å². The summed E-state index contributed by atoms with van der Waals surface area (Å²) < 4.78 is 20.7. The number of carbonyl (C=O) groups excluding carboxylic acids is 2. The Labute approximate surface area is 163 Å². The van der Waals surface area contributed by atoms with E-state index in [2.05, 4.69) is 15.5 Å². The van der Waals surface area contributed by atoms with Crippen LogP contribution in [0.25, 0.3) is 0 Å². The lowest BCUT2D eigenvalue weighted by molar-refractivity contribution is 0.0475. The maximum atomic E-state index is 12.2. The third kappa shape index (κ3) is 6.26. The van der Waals surface area contributed by atoms with Gasteiger partial charge in [-0.15, -0.1) is 10.2 Å². The molecule has 1 atom stereocenters. The monoisotopic (exact) mass is 391 g/mol. The van der Waals surface area contributed by atoms with Crippen molar-refractivity contribution in [2.24, 2.45) is 0 Å². The number of hydrogen-bond donors (Lipinski definition) is 1. The van der Waals surface area contributed by atoms with E-state index in [-0.39, 0.29) is 18.4 Å². The van der Waals surface area contributed by atoms with Crippen molar-refractivity contribution in [1.82, 2.24) is 15.5 Å². The highest BCUT2D eigenvalue weighted by Gasteiger charge is 2.26. The van der Waals surface area contributed by atoms with E-state index < -0.39 is 23.7 Å². The van der Waals surface area contributed by atoms with Crippen molar-refractivity contribution in [3.8, 4) is 5.75 Å². The Morgan fingerprint density at radius 1 is 1.18 bits per heavy atom. The molecule has 0 aliphatic carbocycles. The lowest BCUT2D eigenvalue weighted by Gasteiger charge is -2.22. The van der Waals surface area contributed by atoms with Crippen LogP contribution in [-0.4, -0.2) is 41.6 Å². The number of rotatable bonds is 7. The van der Waals surface area contributed by atoms with Crippen LogP contribution in [0.3, 0.4) is 0 Å². The third-order valence-electron chi connectivity index (χ3n) is 3.48. The molecule has 2 rings (SSSR count). The molecule has 9 heteroatoms. The zero-order chi connectivity index (χ0) is 20.7. The number of carbonyl (C=O) groups is 2. The van der Waals surface area contributed by atoms with Crippen LogP contribution in [0.15, 0.2) is 28.7 Å². The van der Waals surface area contributed by atoms with Gasteiger partial charge in [-0.2, -0.15) is 0 Å². The number of aromatic nitrogens is 2. The normalized spacial score (nSPS) is 12.2. The molecule has 1 unspecified atom stereocenters. The van der Waals surface area contributed by atoms with Crippen LogP contribution in [0.1, 0.15) is 55.9 Å². The average molecular weight is 391 g/mol. The summed E-state index contributed by atoms with van der Waals surface area (Å²) in [7, 11) is 1.58. The van der Waals surface area contributed by atoms with Gasteiger partial charge in [0.2, 0.25) is 5.89 Å². The molecule has 0 saturated carbocycles. The Morgan fingerprint density at radius 2 is 1.86 bits per heavy atom. The number of esters is 1. The number of nitrogens with zero attached hydrogens (tertiary/aromatic N) is 2. The summed E-state index contributed by atoms with van der Waals surface area (Å²) in [6.07, 6.45) is -0.296. The van der Waals surface area contributed by atoms with E-state index in [0.29, 0.717) is 12.2 Å². The van der Waals surface area contributed by atoms with Gasteiger partial charge in [-0.1, -0.05) is 12.1 Å². The molecule has 0 saturated heterocycles. The van der Waals surface area contributed by atoms with E-state index in [4.69, 9.17) is 18.6 Å². The van der Waals surface area contributed by atoms with Crippen molar-refractivity contribution in [3.05, 3.63) is 41.6 Å². The first-order chi connectivity index (χ1) is 13.2. The summed E-state index contributed by atoms with van der Waals surface area (Å²) in [6, 6.07) is 6.62. The first kappa shape index (κ1) is 21.2. The quantitative estimate of drug-likeness (QED) is 0.717. The fourth-order valence-corrected chi connectivity index (χ4v) is 2.30. The minimum Gasteiger partial charge on any atom is -0.497 e. The fraction of sp³-hybridized carbons (Fsp3) is 0.474. The third-order valence-corrected chi connectivity index (χ3v) is 3.48. The largest absolute Gasteiger partial charge is 0.497 e. The highest BCUT2D eigenvalue weighted by molar-refractivity contribution is 5.83. The van der Waals surface area contributed by atoms with Gasteiger partial charge in [-0.05, 0) is 45.4 Å². The Kier molecular flexibility index (Phi) is 6.97. The first-order valence-corrected chi connectivity index (χ1v) is 8.84. The number of alkyl carbamates (subject to hydrolysis) is 1. The summed E-state index contributed by atoms with van der Waals surface area (Å²) in [6.45, 7) is 7.14. The van der Waals surface area contributed by atoms with Gasteiger partial charge in [0.15, 0.2) is 0 Å². The van der Waals surface area contributed by atoms with E-state index in [0.717, 1.165) is 5.56 Å². The molecule has 0 bridgehead atoms. The van der Waals surface area contributed by atoms with Crippen LogP contribution in [-0.2, 0) is 15.9 Å². The number of benzene rings is 1. The minimum atomic E-state index is -0.721. The Balaban J connectivity index is 2.22. The van der Waals surface area contributed by atoms with E-state index in [1.54, 1.807) is 46.9 Å². The zero-order valence-electron chi connectivity index (χ0n) is 16.6. The van der Waals surface area contributed by atoms with E-state index in [1.807, 2.05) is 12.1 Å². The molecule has 0 aliphatic rings. The lowest BCUT2D eigenvalue weighted by Crippen LogP contribution is -2.36. The van der Waals surface area contributed by atoms with Gasteiger partial charge < -0.3 is 23.9 Å². The van der Waals surface area contributed by atoms with Crippen LogP contribution >= 0.6 is 0 Å².